The Labute approximate surface area is 176 Å². The van der Waals surface area contributed by atoms with Gasteiger partial charge in [0.2, 0.25) is 0 Å². The van der Waals surface area contributed by atoms with E-state index in [1.165, 1.54) is 11.1 Å². The number of hydrogen-bond donors (Lipinski definition) is 1. The van der Waals surface area contributed by atoms with Crippen molar-refractivity contribution >= 4 is 19.3 Å². The van der Waals surface area contributed by atoms with Crippen LogP contribution < -0.4 is 5.14 Å². The number of benzene rings is 1. The minimum absolute atomic E-state index is 0.201. The van der Waals surface area contributed by atoms with Crippen molar-refractivity contribution in [2.45, 2.75) is 95.7 Å². The van der Waals surface area contributed by atoms with Crippen molar-refractivity contribution in [2.24, 2.45) is 5.14 Å². The lowest BCUT2D eigenvalue weighted by Crippen LogP contribution is -2.40. The predicted molar refractivity (Wildman–Crippen MR) is 126 cm³/mol. The summed E-state index contributed by atoms with van der Waals surface area (Å²) in [6.45, 7) is 19.8. The van der Waals surface area contributed by atoms with E-state index >= 15 is 0 Å². The van der Waals surface area contributed by atoms with Crippen molar-refractivity contribution < 1.29 is 8.63 Å². The number of rotatable bonds is 11. The molecule has 1 rings (SSSR count). The van der Waals surface area contributed by atoms with Gasteiger partial charge in [0.1, 0.15) is 0 Å². The topological polar surface area (TPSA) is 52.3 Å². The highest BCUT2D eigenvalue weighted by molar-refractivity contribution is 7.84. The molecule has 0 fully saturated rings. The summed E-state index contributed by atoms with van der Waals surface area (Å²) in [6.07, 6.45) is 5.88. The van der Waals surface area contributed by atoms with Gasteiger partial charge >= 0.3 is 0 Å². The molecule has 2 atom stereocenters. The molecule has 5 heteroatoms. The van der Waals surface area contributed by atoms with Crippen LogP contribution in [0.2, 0.25) is 18.1 Å². The van der Waals surface area contributed by atoms with Crippen LogP contribution in [0.5, 0.6) is 0 Å². The third-order valence-corrected chi connectivity index (χ3v) is 11.8. The molecule has 0 bridgehead atoms. The highest BCUT2D eigenvalue weighted by Gasteiger charge is 2.37. The van der Waals surface area contributed by atoms with Crippen molar-refractivity contribution in [3.8, 4) is 0 Å². The second-order valence-corrected chi connectivity index (χ2v) is 16.5. The Hall–Kier alpha value is -0.753. The Kier molecular flexibility index (Phi) is 9.33. The van der Waals surface area contributed by atoms with Gasteiger partial charge in [-0.05, 0) is 74.7 Å². The number of allylic oxidation sites excluding steroid dienone is 1. The Morgan fingerprint density at radius 1 is 1.25 bits per heavy atom. The first-order valence-corrected chi connectivity index (χ1v) is 14.4. The van der Waals surface area contributed by atoms with E-state index in [4.69, 9.17) is 9.56 Å². The summed E-state index contributed by atoms with van der Waals surface area (Å²) < 4.78 is 18.0. The van der Waals surface area contributed by atoms with Gasteiger partial charge in [0.05, 0.1) is 22.3 Å². The molecule has 0 radical (unpaired) electrons. The lowest BCUT2D eigenvalue weighted by Gasteiger charge is -2.36. The van der Waals surface area contributed by atoms with E-state index in [2.05, 4.69) is 64.7 Å². The molecule has 160 valence electrons. The molecule has 1 aromatic rings. The summed E-state index contributed by atoms with van der Waals surface area (Å²) in [4.78, 5) is 0. The molecular weight excluding hydrogens is 382 g/mol. The molecule has 0 heterocycles. The first kappa shape index (κ1) is 25.3. The normalized spacial score (nSPS) is 15.3. The van der Waals surface area contributed by atoms with Crippen LogP contribution in [0, 0.1) is 0 Å². The summed E-state index contributed by atoms with van der Waals surface area (Å²) in [6, 6.07) is 8.71. The van der Waals surface area contributed by atoms with Gasteiger partial charge in [0.25, 0.3) is 0 Å². The van der Waals surface area contributed by atoms with Crippen molar-refractivity contribution in [1.82, 2.24) is 0 Å². The van der Waals surface area contributed by atoms with Crippen LogP contribution in [0.1, 0.15) is 77.3 Å². The highest BCUT2D eigenvalue weighted by atomic mass is 32.2. The molecule has 0 aliphatic rings. The van der Waals surface area contributed by atoms with Crippen molar-refractivity contribution in [3.05, 3.63) is 48.0 Å². The zero-order valence-corrected chi connectivity index (χ0v) is 20.8. The molecule has 1 aromatic carbocycles. The highest BCUT2D eigenvalue weighted by Crippen LogP contribution is 2.37. The van der Waals surface area contributed by atoms with Gasteiger partial charge in [-0.1, -0.05) is 51.1 Å². The fourth-order valence-electron chi connectivity index (χ4n) is 2.99. The van der Waals surface area contributed by atoms with Gasteiger partial charge in [-0.25, -0.2) is 4.21 Å². The van der Waals surface area contributed by atoms with E-state index in [0.717, 1.165) is 25.7 Å². The van der Waals surface area contributed by atoms with Crippen LogP contribution in [0.4, 0.5) is 0 Å². The van der Waals surface area contributed by atoms with Crippen LogP contribution in [-0.2, 0) is 22.0 Å². The third kappa shape index (κ3) is 7.58. The molecule has 0 spiro atoms. The quantitative estimate of drug-likeness (QED) is 0.253. The maximum Gasteiger partial charge on any atom is 0.192 e. The molecule has 0 saturated heterocycles. The fraction of sp³-hybridized carbons (Fsp3) is 0.652. The minimum atomic E-state index is -1.78. The predicted octanol–water partition coefficient (Wildman–Crippen LogP) is 6.44. The fourth-order valence-corrected chi connectivity index (χ4v) is 4.31. The summed E-state index contributed by atoms with van der Waals surface area (Å²) >= 11 is 0. The molecule has 0 aliphatic heterocycles. The molecular formula is C23H41NO2SSi. The first-order chi connectivity index (χ1) is 12.8. The maximum atomic E-state index is 12.0. The molecule has 28 heavy (non-hydrogen) atoms. The van der Waals surface area contributed by atoms with Gasteiger partial charge in [-0.3, -0.25) is 5.14 Å². The maximum absolute atomic E-state index is 12.0. The van der Waals surface area contributed by atoms with Crippen molar-refractivity contribution in [1.29, 1.82) is 0 Å². The van der Waals surface area contributed by atoms with E-state index < -0.39 is 24.1 Å². The average Bonchev–Trinajstić information content (AvgIpc) is 2.58. The minimum Gasteiger partial charge on any atom is -0.413 e. The molecule has 2 N–H and O–H groups in total. The molecule has 0 aliphatic carbocycles. The van der Waals surface area contributed by atoms with E-state index in [0.29, 0.717) is 12.5 Å². The van der Waals surface area contributed by atoms with Crippen molar-refractivity contribution in [3.63, 3.8) is 0 Å². The summed E-state index contributed by atoms with van der Waals surface area (Å²) in [5.41, 5.74) is 2.50. The average molecular weight is 424 g/mol. The first-order valence-electron chi connectivity index (χ1n) is 10.3. The van der Waals surface area contributed by atoms with E-state index in [1.54, 1.807) is 0 Å². The molecule has 1 unspecified atom stereocenters. The molecule has 0 saturated carbocycles. The van der Waals surface area contributed by atoms with Gasteiger partial charge in [0.15, 0.2) is 8.32 Å². The van der Waals surface area contributed by atoms with E-state index in [9.17, 15) is 4.21 Å². The lowest BCUT2D eigenvalue weighted by molar-refractivity contribution is 0.276. The number of nitrogens with two attached hydrogens (primary N) is 1. The SMILES string of the molecule is C=CCCC[C@@H](CC(C)(C)S(N)=O)c1cccc(CO[Si](C)(C)C(C)(C)C)c1. The third-order valence-electron chi connectivity index (χ3n) is 6.07. The van der Waals surface area contributed by atoms with Gasteiger partial charge < -0.3 is 4.43 Å². The van der Waals surface area contributed by atoms with Crippen LogP contribution in [0.15, 0.2) is 36.9 Å². The van der Waals surface area contributed by atoms with Gasteiger partial charge in [-0.15, -0.1) is 6.58 Å². The zero-order chi connectivity index (χ0) is 21.6. The van der Waals surface area contributed by atoms with Crippen LogP contribution in [-0.4, -0.2) is 17.3 Å². The Balaban J connectivity index is 3.00. The van der Waals surface area contributed by atoms with Crippen LogP contribution in [0.25, 0.3) is 0 Å². The second-order valence-electron chi connectivity index (χ2n) is 9.97. The molecule has 0 aromatic heterocycles. The van der Waals surface area contributed by atoms with Gasteiger partial charge in [-0.2, -0.15) is 0 Å². The Bertz CT molecular complexity index is 665. The largest absolute Gasteiger partial charge is 0.413 e. The Morgan fingerprint density at radius 2 is 1.89 bits per heavy atom. The summed E-state index contributed by atoms with van der Waals surface area (Å²) in [5.74, 6) is 0.329. The molecule has 3 nitrogen and oxygen atoms in total. The van der Waals surface area contributed by atoms with Gasteiger partial charge in [0, 0.05) is 0 Å². The molecule has 0 amide bonds. The monoisotopic (exact) mass is 423 g/mol. The Morgan fingerprint density at radius 3 is 2.43 bits per heavy atom. The number of hydrogen-bond acceptors (Lipinski definition) is 2. The summed E-state index contributed by atoms with van der Waals surface area (Å²) in [5, 5.41) is 5.96. The van der Waals surface area contributed by atoms with E-state index in [-0.39, 0.29) is 5.04 Å². The lowest BCUT2D eigenvalue weighted by atomic mass is 9.85. The number of unbranched alkanes of at least 4 members (excludes halogenated alkanes) is 1. The van der Waals surface area contributed by atoms with Crippen molar-refractivity contribution in [2.75, 3.05) is 0 Å². The van der Waals surface area contributed by atoms with Crippen LogP contribution >= 0.6 is 0 Å². The smallest absolute Gasteiger partial charge is 0.192 e. The van der Waals surface area contributed by atoms with E-state index in [1.807, 2.05) is 19.9 Å². The van der Waals surface area contributed by atoms with Crippen LogP contribution in [0.3, 0.4) is 0 Å². The second kappa shape index (κ2) is 10.3. The zero-order valence-electron chi connectivity index (χ0n) is 19.0. The summed E-state index contributed by atoms with van der Waals surface area (Å²) in [7, 11) is -3.13. The standard InChI is InChI=1S/C23H41NO2SSi/c1-9-10-11-14-21(17-23(5,6)27(24)25)20-15-12-13-19(16-20)18-26-28(7,8)22(2,3)4/h9,12-13,15-16,21H,1,10-11,14,17-18,24H2,2-8H3/t21-,27?/m0/s1.